The quantitative estimate of drug-likeness (QED) is 0.804. The van der Waals surface area contributed by atoms with Crippen LogP contribution >= 0.6 is 11.6 Å². The predicted octanol–water partition coefficient (Wildman–Crippen LogP) is 1.14. The van der Waals surface area contributed by atoms with Crippen LogP contribution in [0.5, 0.6) is 0 Å². The van der Waals surface area contributed by atoms with E-state index in [1.165, 1.54) is 0 Å². The Hall–Kier alpha value is -1.56. The van der Waals surface area contributed by atoms with Crippen LogP contribution in [0.25, 0.3) is 0 Å². The van der Waals surface area contributed by atoms with Crippen LogP contribution in [0.4, 0.5) is 11.8 Å². The summed E-state index contributed by atoms with van der Waals surface area (Å²) in [5.74, 6) is 0.923. The molecule has 0 saturated carbocycles. The van der Waals surface area contributed by atoms with Gasteiger partial charge in [0.05, 0.1) is 0 Å². The highest BCUT2D eigenvalue weighted by Gasteiger charge is 2.25. The zero-order chi connectivity index (χ0) is 13.1. The minimum absolute atomic E-state index is 0.143. The molecule has 98 valence electrons. The Morgan fingerprint density at radius 3 is 3.11 bits per heavy atom. The first kappa shape index (κ1) is 12.9. The molecule has 6 nitrogen and oxygen atoms in total. The summed E-state index contributed by atoms with van der Waals surface area (Å²) in [7, 11) is 0. The maximum Gasteiger partial charge on any atom is 0.223 e. The summed E-state index contributed by atoms with van der Waals surface area (Å²) < 4.78 is 0. The van der Waals surface area contributed by atoms with Crippen LogP contribution in [-0.4, -0.2) is 39.9 Å². The van der Waals surface area contributed by atoms with Crippen LogP contribution in [-0.2, 0) is 4.79 Å². The van der Waals surface area contributed by atoms with Gasteiger partial charge in [0.25, 0.3) is 0 Å². The van der Waals surface area contributed by atoms with Crippen molar-refractivity contribution in [3.05, 3.63) is 11.2 Å². The Morgan fingerprint density at radius 2 is 2.44 bits per heavy atom. The Labute approximate surface area is 111 Å². The number of anilines is 2. The highest BCUT2D eigenvalue weighted by molar-refractivity contribution is 6.29. The first-order valence-corrected chi connectivity index (χ1v) is 6.30. The highest BCUT2D eigenvalue weighted by Crippen LogP contribution is 2.18. The Balaban J connectivity index is 1.97. The van der Waals surface area contributed by atoms with Crippen molar-refractivity contribution in [1.29, 1.82) is 0 Å². The Bertz CT molecular complexity index is 433. The largest absolute Gasteiger partial charge is 0.368 e. The third kappa shape index (κ3) is 3.01. The van der Waals surface area contributed by atoms with E-state index in [4.69, 9.17) is 17.3 Å². The van der Waals surface area contributed by atoms with Crippen molar-refractivity contribution in [2.45, 2.75) is 25.8 Å². The minimum atomic E-state index is 0.143. The molecule has 7 heteroatoms. The average Bonchev–Trinajstić information content (AvgIpc) is 2.75. The second-order valence-corrected chi connectivity index (χ2v) is 4.64. The van der Waals surface area contributed by atoms with Gasteiger partial charge in [-0.2, -0.15) is 4.98 Å². The predicted molar refractivity (Wildman–Crippen MR) is 70.4 cm³/mol. The summed E-state index contributed by atoms with van der Waals surface area (Å²) in [6.45, 7) is 3.33. The van der Waals surface area contributed by atoms with E-state index in [1.807, 2.05) is 11.8 Å². The van der Waals surface area contributed by atoms with Gasteiger partial charge in [-0.3, -0.25) is 4.79 Å². The molecule has 1 atom stereocenters. The number of hydrogen-bond donors (Lipinski definition) is 2. The normalized spacial score (nSPS) is 19.0. The molecule has 0 aliphatic carbocycles. The summed E-state index contributed by atoms with van der Waals surface area (Å²) in [6, 6.07) is 1.81. The van der Waals surface area contributed by atoms with Crippen molar-refractivity contribution in [2.75, 3.05) is 24.1 Å². The van der Waals surface area contributed by atoms with Gasteiger partial charge in [-0.1, -0.05) is 18.5 Å². The van der Waals surface area contributed by atoms with E-state index in [0.29, 0.717) is 23.9 Å². The van der Waals surface area contributed by atoms with Crippen molar-refractivity contribution < 1.29 is 4.79 Å². The van der Waals surface area contributed by atoms with E-state index in [2.05, 4.69) is 15.3 Å². The van der Waals surface area contributed by atoms with Crippen molar-refractivity contribution in [1.82, 2.24) is 14.9 Å². The summed E-state index contributed by atoms with van der Waals surface area (Å²) >= 11 is 5.80. The molecule has 1 aromatic heterocycles. The van der Waals surface area contributed by atoms with Gasteiger partial charge >= 0.3 is 0 Å². The molecular weight excluding hydrogens is 254 g/mol. The molecule has 1 fully saturated rings. The van der Waals surface area contributed by atoms with E-state index in [1.54, 1.807) is 6.07 Å². The number of amides is 1. The smallest absolute Gasteiger partial charge is 0.223 e. The van der Waals surface area contributed by atoms with E-state index in [9.17, 15) is 4.79 Å². The number of nitrogen functional groups attached to an aromatic ring is 1. The monoisotopic (exact) mass is 269 g/mol. The Kier molecular flexibility index (Phi) is 3.86. The van der Waals surface area contributed by atoms with E-state index >= 15 is 0 Å². The van der Waals surface area contributed by atoms with Crippen molar-refractivity contribution in [2.24, 2.45) is 0 Å². The summed E-state index contributed by atoms with van der Waals surface area (Å²) in [5, 5.41) is 3.53. The molecule has 1 aromatic rings. The molecule has 0 aromatic carbocycles. The SMILES string of the molecule is CCC(=O)N1CCC(Nc2cc(Cl)nc(N)n2)C1. The van der Waals surface area contributed by atoms with E-state index in [-0.39, 0.29) is 17.9 Å². The lowest BCUT2D eigenvalue weighted by atomic mass is 10.2. The fourth-order valence-corrected chi connectivity index (χ4v) is 2.24. The van der Waals surface area contributed by atoms with Crippen LogP contribution < -0.4 is 11.1 Å². The van der Waals surface area contributed by atoms with E-state index in [0.717, 1.165) is 13.0 Å². The first-order chi connectivity index (χ1) is 8.58. The maximum absolute atomic E-state index is 11.6. The third-order valence-electron chi connectivity index (χ3n) is 2.91. The van der Waals surface area contributed by atoms with E-state index < -0.39 is 0 Å². The maximum atomic E-state index is 11.6. The molecule has 18 heavy (non-hydrogen) atoms. The molecule has 2 heterocycles. The molecule has 0 bridgehead atoms. The van der Waals surface area contributed by atoms with Crippen LogP contribution in [0.15, 0.2) is 6.07 Å². The fraction of sp³-hybridized carbons (Fsp3) is 0.545. The second-order valence-electron chi connectivity index (χ2n) is 4.26. The van der Waals surface area contributed by atoms with Crippen molar-refractivity contribution in [3.63, 3.8) is 0 Å². The number of hydrogen-bond acceptors (Lipinski definition) is 5. The lowest BCUT2D eigenvalue weighted by Gasteiger charge is -2.16. The number of carbonyl (C=O) groups excluding carboxylic acids is 1. The van der Waals surface area contributed by atoms with Gasteiger partial charge in [0.1, 0.15) is 11.0 Å². The molecule has 1 aliphatic rings. The van der Waals surface area contributed by atoms with Gasteiger partial charge in [0.15, 0.2) is 0 Å². The molecule has 1 saturated heterocycles. The topological polar surface area (TPSA) is 84.1 Å². The number of halogens is 1. The lowest BCUT2D eigenvalue weighted by molar-refractivity contribution is -0.129. The summed E-state index contributed by atoms with van der Waals surface area (Å²) in [5.41, 5.74) is 5.52. The molecule has 0 radical (unpaired) electrons. The van der Waals surface area contributed by atoms with Crippen LogP contribution in [0, 0.1) is 0 Å². The standard InChI is InChI=1S/C11H16ClN5O/c1-2-10(18)17-4-3-7(6-17)14-9-5-8(12)15-11(13)16-9/h5,7H,2-4,6H2,1H3,(H3,13,14,15,16). The fourth-order valence-electron chi connectivity index (χ4n) is 2.05. The zero-order valence-electron chi connectivity index (χ0n) is 10.2. The minimum Gasteiger partial charge on any atom is -0.368 e. The van der Waals surface area contributed by atoms with Gasteiger partial charge in [0.2, 0.25) is 11.9 Å². The highest BCUT2D eigenvalue weighted by atomic mass is 35.5. The number of rotatable bonds is 3. The number of nitrogens with zero attached hydrogens (tertiary/aromatic N) is 3. The number of carbonyl (C=O) groups is 1. The van der Waals surface area contributed by atoms with Gasteiger partial charge in [-0.05, 0) is 6.42 Å². The van der Waals surface area contributed by atoms with Crippen LogP contribution in [0.3, 0.4) is 0 Å². The van der Waals surface area contributed by atoms with Gasteiger partial charge in [0, 0.05) is 31.6 Å². The number of nitrogens with two attached hydrogens (primary N) is 1. The van der Waals surface area contributed by atoms with Crippen molar-refractivity contribution >= 4 is 29.3 Å². The Morgan fingerprint density at radius 1 is 1.67 bits per heavy atom. The number of nitrogens with one attached hydrogen (secondary N) is 1. The summed E-state index contributed by atoms with van der Waals surface area (Å²) in [4.78, 5) is 21.3. The second kappa shape index (κ2) is 5.39. The third-order valence-corrected chi connectivity index (χ3v) is 3.10. The van der Waals surface area contributed by atoms with Gasteiger partial charge in [-0.25, -0.2) is 4.98 Å². The summed E-state index contributed by atoms with van der Waals surface area (Å²) in [6.07, 6.45) is 1.44. The van der Waals surface area contributed by atoms with Crippen LogP contribution in [0.1, 0.15) is 19.8 Å². The molecule has 2 rings (SSSR count). The molecule has 1 unspecified atom stereocenters. The number of likely N-dealkylation sites (tertiary alicyclic amines) is 1. The molecule has 3 N–H and O–H groups in total. The zero-order valence-corrected chi connectivity index (χ0v) is 10.9. The van der Waals surface area contributed by atoms with Gasteiger partial charge < -0.3 is 16.0 Å². The molecule has 0 spiro atoms. The number of aromatic nitrogens is 2. The van der Waals surface area contributed by atoms with Crippen LogP contribution in [0.2, 0.25) is 5.15 Å². The molecule has 1 amide bonds. The first-order valence-electron chi connectivity index (χ1n) is 5.93. The lowest BCUT2D eigenvalue weighted by Crippen LogP contribution is -2.31. The van der Waals surface area contributed by atoms with Gasteiger partial charge in [-0.15, -0.1) is 0 Å². The average molecular weight is 270 g/mol. The molecular formula is C11H16ClN5O. The molecule has 1 aliphatic heterocycles. The van der Waals surface area contributed by atoms with Crippen molar-refractivity contribution in [3.8, 4) is 0 Å².